The van der Waals surface area contributed by atoms with E-state index >= 15 is 0 Å². The second-order valence-corrected chi connectivity index (χ2v) is 3.86. The van der Waals surface area contributed by atoms with Crippen LogP contribution < -0.4 is 0 Å². The predicted octanol–water partition coefficient (Wildman–Crippen LogP) is 2.77. The second-order valence-electron chi connectivity index (χ2n) is 3.86. The maximum Gasteiger partial charge on any atom is 0.508 e. The van der Waals surface area contributed by atoms with Gasteiger partial charge in [0.1, 0.15) is 6.61 Å². The van der Waals surface area contributed by atoms with Crippen molar-refractivity contribution >= 4 is 6.16 Å². The van der Waals surface area contributed by atoms with Crippen LogP contribution in [0.4, 0.5) is 4.79 Å². The standard InChI is InChI=1S/C13H26O5/c1-4-7-8-17-13(14)18-10-9-15-11-12(5-2)16-6-3/h12H,4-11H2,1-3H3. The Labute approximate surface area is 110 Å². The molecule has 0 amide bonds. The molecule has 0 fully saturated rings. The smallest absolute Gasteiger partial charge is 0.434 e. The van der Waals surface area contributed by atoms with E-state index < -0.39 is 6.16 Å². The van der Waals surface area contributed by atoms with E-state index in [-0.39, 0.29) is 12.7 Å². The summed E-state index contributed by atoms with van der Waals surface area (Å²) in [4.78, 5) is 11.0. The van der Waals surface area contributed by atoms with Crippen molar-refractivity contribution in [1.82, 2.24) is 0 Å². The number of unbranched alkanes of at least 4 members (excludes halogenated alkanes) is 1. The van der Waals surface area contributed by atoms with Crippen LogP contribution in [-0.2, 0) is 18.9 Å². The van der Waals surface area contributed by atoms with Gasteiger partial charge in [0.25, 0.3) is 0 Å². The van der Waals surface area contributed by atoms with Gasteiger partial charge in [0, 0.05) is 6.61 Å². The van der Waals surface area contributed by atoms with E-state index in [0.717, 1.165) is 19.3 Å². The summed E-state index contributed by atoms with van der Waals surface area (Å²) in [5.41, 5.74) is 0. The number of ether oxygens (including phenoxy) is 4. The van der Waals surface area contributed by atoms with E-state index in [1.165, 1.54) is 0 Å². The summed E-state index contributed by atoms with van der Waals surface area (Å²) in [5.74, 6) is 0. The molecule has 18 heavy (non-hydrogen) atoms. The van der Waals surface area contributed by atoms with Gasteiger partial charge >= 0.3 is 6.16 Å². The van der Waals surface area contributed by atoms with Gasteiger partial charge in [0.05, 0.1) is 25.9 Å². The molecule has 0 saturated heterocycles. The zero-order chi connectivity index (χ0) is 13.6. The molecule has 108 valence electrons. The minimum Gasteiger partial charge on any atom is -0.434 e. The molecule has 0 radical (unpaired) electrons. The lowest BCUT2D eigenvalue weighted by Gasteiger charge is -2.14. The quantitative estimate of drug-likeness (QED) is 0.423. The maximum absolute atomic E-state index is 11.0. The zero-order valence-corrected chi connectivity index (χ0v) is 11.8. The monoisotopic (exact) mass is 262 g/mol. The maximum atomic E-state index is 11.0. The van der Waals surface area contributed by atoms with Crippen molar-refractivity contribution in [2.45, 2.75) is 46.1 Å². The van der Waals surface area contributed by atoms with Crippen LogP contribution in [0.3, 0.4) is 0 Å². The predicted molar refractivity (Wildman–Crippen MR) is 68.7 cm³/mol. The molecule has 0 bridgehead atoms. The Balaban J connectivity index is 3.35. The molecule has 0 aromatic carbocycles. The van der Waals surface area contributed by atoms with Gasteiger partial charge in [-0.2, -0.15) is 0 Å². The number of rotatable bonds is 11. The molecule has 0 aliphatic carbocycles. The number of hydrogen-bond donors (Lipinski definition) is 0. The molecule has 5 heteroatoms. The van der Waals surface area contributed by atoms with Crippen LogP contribution in [0.5, 0.6) is 0 Å². The van der Waals surface area contributed by atoms with Crippen molar-refractivity contribution in [2.24, 2.45) is 0 Å². The Morgan fingerprint density at radius 2 is 1.78 bits per heavy atom. The summed E-state index contributed by atoms with van der Waals surface area (Å²) in [6.07, 6.45) is 2.26. The molecule has 0 spiro atoms. The van der Waals surface area contributed by atoms with E-state index in [0.29, 0.717) is 26.4 Å². The third kappa shape index (κ3) is 10.4. The molecule has 0 saturated carbocycles. The Kier molecular flexibility index (Phi) is 12.1. The van der Waals surface area contributed by atoms with Gasteiger partial charge < -0.3 is 18.9 Å². The lowest BCUT2D eigenvalue weighted by molar-refractivity contribution is -0.0278. The van der Waals surface area contributed by atoms with Gasteiger partial charge in [-0.3, -0.25) is 0 Å². The summed E-state index contributed by atoms with van der Waals surface area (Å²) >= 11 is 0. The summed E-state index contributed by atoms with van der Waals surface area (Å²) in [6, 6.07) is 0. The molecule has 0 N–H and O–H groups in total. The molecule has 0 aromatic rings. The van der Waals surface area contributed by atoms with Crippen LogP contribution >= 0.6 is 0 Å². The lowest BCUT2D eigenvalue weighted by Crippen LogP contribution is -2.21. The second kappa shape index (κ2) is 12.6. The van der Waals surface area contributed by atoms with Crippen LogP contribution in [-0.4, -0.2) is 45.3 Å². The van der Waals surface area contributed by atoms with Gasteiger partial charge in [-0.1, -0.05) is 20.3 Å². The SMILES string of the molecule is CCCCOC(=O)OCCOCC(CC)OCC. The van der Waals surface area contributed by atoms with E-state index in [4.69, 9.17) is 18.9 Å². The van der Waals surface area contributed by atoms with Gasteiger partial charge in [0.2, 0.25) is 0 Å². The average Bonchev–Trinajstić information content (AvgIpc) is 2.37. The fourth-order valence-corrected chi connectivity index (χ4v) is 1.26. The van der Waals surface area contributed by atoms with Crippen molar-refractivity contribution in [2.75, 3.05) is 33.0 Å². The number of hydrogen-bond acceptors (Lipinski definition) is 5. The molecule has 0 aliphatic heterocycles. The normalized spacial score (nSPS) is 12.2. The third-order valence-electron chi connectivity index (χ3n) is 2.33. The first kappa shape index (κ1) is 17.2. The van der Waals surface area contributed by atoms with Crippen molar-refractivity contribution in [3.8, 4) is 0 Å². The van der Waals surface area contributed by atoms with Crippen LogP contribution in [0.25, 0.3) is 0 Å². The largest absolute Gasteiger partial charge is 0.508 e. The van der Waals surface area contributed by atoms with Crippen molar-refractivity contribution < 1.29 is 23.7 Å². The van der Waals surface area contributed by atoms with Crippen LogP contribution in [0.1, 0.15) is 40.0 Å². The molecule has 0 aromatic heterocycles. The summed E-state index contributed by atoms with van der Waals surface area (Å²) < 4.78 is 20.4. The molecular weight excluding hydrogens is 236 g/mol. The molecule has 0 heterocycles. The highest BCUT2D eigenvalue weighted by Gasteiger charge is 2.06. The van der Waals surface area contributed by atoms with Crippen LogP contribution in [0, 0.1) is 0 Å². The molecular formula is C13H26O5. The van der Waals surface area contributed by atoms with Crippen molar-refractivity contribution in [3.05, 3.63) is 0 Å². The summed E-state index contributed by atoms with van der Waals surface area (Å²) in [6.45, 7) is 8.24. The number of carbonyl (C=O) groups is 1. The minimum atomic E-state index is -0.621. The Bertz CT molecular complexity index is 196. The Morgan fingerprint density at radius 3 is 2.39 bits per heavy atom. The average molecular weight is 262 g/mol. The highest BCUT2D eigenvalue weighted by atomic mass is 16.7. The van der Waals surface area contributed by atoms with Crippen molar-refractivity contribution in [1.29, 1.82) is 0 Å². The molecule has 1 unspecified atom stereocenters. The Hall–Kier alpha value is -0.810. The van der Waals surface area contributed by atoms with Crippen LogP contribution in [0.15, 0.2) is 0 Å². The highest BCUT2D eigenvalue weighted by molar-refractivity contribution is 5.59. The van der Waals surface area contributed by atoms with E-state index in [1.54, 1.807) is 0 Å². The third-order valence-corrected chi connectivity index (χ3v) is 2.33. The lowest BCUT2D eigenvalue weighted by atomic mass is 10.3. The number of carbonyl (C=O) groups excluding carboxylic acids is 1. The molecule has 0 aliphatic rings. The highest BCUT2D eigenvalue weighted by Crippen LogP contribution is 1.98. The Morgan fingerprint density at radius 1 is 1.06 bits per heavy atom. The first-order valence-electron chi connectivity index (χ1n) is 6.73. The summed E-state index contributed by atoms with van der Waals surface area (Å²) in [7, 11) is 0. The van der Waals surface area contributed by atoms with Gasteiger partial charge in [-0.25, -0.2) is 4.79 Å². The fourth-order valence-electron chi connectivity index (χ4n) is 1.26. The van der Waals surface area contributed by atoms with Gasteiger partial charge in [-0.15, -0.1) is 0 Å². The fraction of sp³-hybridized carbons (Fsp3) is 0.923. The van der Waals surface area contributed by atoms with Crippen molar-refractivity contribution in [3.63, 3.8) is 0 Å². The minimum absolute atomic E-state index is 0.117. The first-order valence-corrected chi connectivity index (χ1v) is 6.73. The van der Waals surface area contributed by atoms with E-state index in [9.17, 15) is 4.79 Å². The first-order chi connectivity index (χ1) is 8.74. The summed E-state index contributed by atoms with van der Waals surface area (Å²) in [5, 5.41) is 0. The zero-order valence-electron chi connectivity index (χ0n) is 11.8. The molecule has 1 atom stereocenters. The van der Waals surface area contributed by atoms with E-state index in [1.807, 2.05) is 20.8 Å². The van der Waals surface area contributed by atoms with Gasteiger partial charge in [-0.05, 0) is 19.8 Å². The van der Waals surface area contributed by atoms with E-state index in [2.05, 4.69) is 0 Å². The topological polar surface area (TPSA) is 54.0 Å². The van der Waals surface area contributed by atoms with Crippen LogP contribution in [0.2, 0.25) is 0 Å². The van der Waals surface area contributed by atoms with Gasteiger partial charge in [0.15, 0.2) is 0 Å². The molecule has 0 rings (SSSR count). The molecule has 5 nitrogen and oxygen atoms in total.